The molecule has 146 valence electrons. The molecule has 0 fully saturated rings. The Labute approximate surface area is 162 Å². The molecule has 2 aromatic carbocycles. The van der Waals surface area contributed by atoms with Gasteiger partial charge in [-0.3, -0.25) is 9.10 Å². The molecule has 27 heavy (non-hydrogen) atoms. The second kappa shape index (κ2) is 7.72. The van der Waals surface area contributed by atoms with Crippen molar-refractivity contribution in [2.45, 2.75) is 39.2 Å². The van der Waals surface area contributed by atoms with Crippen molar-refractivity contribution in [1.82, 2.24) is 5.32 Å². The summed E-state index contributed by atoms with van der Waals surface area (Å²) in [5.74, 6) is -0.244. The van der Waals surface area contributed by atoms with Gasteiger partial charge in [0.2, 0.25) is 10.0 Å². The van der Waals surface area contributed by atoms with Crippen molar-refractivity contribution in [3.8, 4) is 0 Å². The highest BCUT2D eigenvalue weighted by Crippen LogP contribution is 2.24. The molecular weight excluding hydrogens is 360 g/mol. The van der Waals surface area contributed by atoms with E-state index in [1.165, 1.54) is 12.6 Å². The molecule has 6 heteroatoms. The molecule has 2 aromatic rings. The third-order valence-electron chi connectivity index (χ3n) is 4.59. The van der Waals surface area contributed by atoms with Crippen molar-refractivity contribution in [3.05, 3.63) is 65.2 Å². The van der Waals surface area contributed by atoms with Gasteiger partial charge in [-0.25, -0.2) is 8.42 Å². The van der Waals surface area contributed by atoms with E-state index in [1.807, 2.05) is 19.1 Å². The lowest BCUT2D eigenvalue weighted by Crippen LogP contribution is -2.28. The lowest BCUT2D eigenvalue weighted by atomic mass is 9.86. The fourth-order valence-corrected chi connectivity index (χ4v) is 3.17. The van der Waals surface area contributed by atoms with Crippen LogP contribution in [0.25, 0.3) is 0 Å². The van der Waals surface area contributed by atoms with Crippen LogP contribution >= 0.6 is 0 Å². The largest absolute Gasteiger partial charge is 0.346 e. The highest BCUT2D eigenvalue weighted by Gasteiger charge is 2.17. The standard InChI is InChI=1S/C21H28N2O3S/c1-15(16-10-12-18(13-11-16)21(2,3)4)22-20(24)17-8-7-9-19(14-17)23(5)27(6,25)26/h7-15H,1-6H3,(H,22,24)/t15-/m0/s1. The number of anilines is 1. The zero-order valence-corrected chi connectivity index (χ0v) is 17.6. The molecule has 1 amide bonds. The Bertz CT molecular complexity index is 913. The van der Waals surface area contributed by atoms with Gasteiger partial charge in [0.05, 0.1) is 18.0 Å². The summed E-state index contributed by atoms with van der Waals surface area (Å²) in [6, 6.07) is 14.6. The van der Waals surface area contributed by atoms with Crippen LogP contribution in [0.3, 0.4) is 0 Å². The van der Waals surface area contributed by atoms with Crippen molar-refractivity contribution in [1.29, 1.82) is 0 Å². The molecule has 0 saturated heterocycles. The van der Waals surface area contributed by atoms with E-state index in [1.54, 1.807) is 24.3 Å². The van der Waals surface area contributed by atoms with Crippen molar-refractivity contribution in [2.75, 3.05) is 17.6 Å². The first-order valence-corrected chi connectivity index (χ1v) is 10.7. The van der Waals surface area contributed by atoms with E-state index in [0.717, 1.165) is 16.1 Å². The van der Waals surface area contributed by atoms with E-state index in [2.05, 4.69) is 38.2 Å². The maximum absolute atomic E-state index is 12.6. The molecular formula is C21H28N2O3S. The third kappa shape index (κ3) is 5.32. The number of benzene rings is 2. The molecule has 0 aliphatic carbocycles. The van der Waals surface area contributed by atoms with Gasteiger partial charge in [0.1, 0.15) is 0 Å². The predicted molar refractivity (Wildman–Crippen MR) is 111 cm³/mol. The van der Waals surface area contributed by atoms with Gasteiger partial charge >= 0.3 is 0 Å². The van der Waals surface area contributed by atoms with Gasteiger partial charge in [-0.2, -0.15) is 0 Å². The van der Waals surface area contributed by atoms with Crippen molar-refractivity contribution in [2.24, 2.45) is 0 Å². The number of hydrogen-bond donors (Lipinski definition) is 1. The van der Waals surface area contributed by atoms with Gasteiger partial charge < -0.3 is 5.32 Å². The van der Waals surface area contributed by atoms with Crippen molar-refractivity contribution >= 4 is 21.6 Å². The summed E-state index contributed by atoms with van der Waals surface area (Å²) in [4.78, 5) is 12.6. The minimum absolute atomic E-state index is 0.0805. The smallest absolute Gasteiger partial charge is 0.251 e. The van der Waals surface area contributed by atoms with E-state index in [0.29, 0.717) is 11.3 Å². The molecule has 0 unspecified atom stereocenters. The van der Waals surface area contributed by atoms with Gasteiger partial charge in [-0.05, 0) is 41.7 Å². The average molecular weight is 389 g/mol. The summed E-state index contributed by atoms with van der Waals surface area (Å²) in [5, 5.41) is 2.97. The van der Waals surface area contributed by atoms with Gasteiger partial charge in [0, 0.05) is 12.6 Å². The lowest BCUT2D eigenvalue weighted by Gasteiger charge is -2.21. The SMILES string of the molecule is C[C@H](NC(=O)c1cccc(N(C)S(C)(=O)=O)c1)c1ccc(C(C)(C)C)cc1. The number of carbonyl (C=O) groups excluding carboxylic acids is 1. The van der Waals surface area contributed by atoms with E-state index < -0.39 is 10.0 Å². The molecule has 1 N–H and O–H groups in total. The highest BCUT2D eigenvalue weighted by atomic mass is 32.2. The first-order chi connectivity index (χ1) is 12.4. The minimum atomic E-state index is -3.38. The Hall–Kier alpha value is -2.34. The number of sulfonamides is 1. The Morgan fingerprint density at radius 2 is 1.67 bits per heavy atom. The molecule has 2 rings (SSSR count). The second-order valence-electron chi connectivity index (χ2n) is 7.85. The van der Waals surface area contributed by atoms with Gasteiger partial charge in [-0.15, -0.1) is 0 Å². The molecule has 0 saturated carbocycles. The molecule has 0 aromatic heterocycles. The molecule has 0 bridgehead atoms. The average Bonchev–Trinajstić information content (AvgIpc) is 2.59. The molecule has 0 spiro atoms. The summed E-state index contributed by atoms with van der Waals surface area (Å²) in [5.41, 5.74) is 3.20. The maximum Gasteiger partial charge on any atom is 0.251 e. The zero-order chi connectivity index (χ0) is 20.4. The normalized spacial score (nSPS) is 13.1. The molecule has 0 radical (unpaired) electrons. The Kier molecular flexibility index (Phi) is 6.00. The number of rotatable bonds is 5. The van der Waals surface area contributed by atoms with E-state index in [9.17, 15) is 13.2 Å². The Balaban J connectivity index is 2.15. The highest BCUT2D eigenvalue weighted by molar-refractivity contribution is 7.92. The van der Waals surface area contributed by atoms with Crippen LogP contribution < -0.4 is 9.62 Å². The maximum atomic E-state index is 12.6. The molecule has 0 aliphatic rings. The number of carbonyl (C=O) groups is 1. The summed E-state index contributed by atoms with van der Waals surface area (Å²) < 4.78 is 24.5. The van der Waals surface area contributed by atoms with Crippen LogP contribution in [0.1, 0.15) is 55.2 Å². The Morgan fingerprint density at radius 1 is 1.07 bits per heavy atom. The quantitative estimate of drug-likeness (QED) is 0.845. The molecule has 5 nitrogen and oxygen atoms in total. The zero-order valence-electron chi connectivity index (χ0n) is 16.8. The van der Waals surface area contributed by atoms with E-state index in [4.69, 9.17) is 0 Å². The number of nitrogens with zero attached hydrogens (tertiary/aromatic N) is 1. The van der Waals surface area contributed by atoms with Crippen LogP contribution in [0.2, 0.25) is 0 Å². The van der Waals surface area contributed by atoms with E-state index in [-0.39, 0.29) is 17.4 Å². The fraction of sp³-hybridized carbons (Fsp3) is 0.381. The van der Waals surface area contributed by atoms with Gasteiger partial charge in [-0.1, -0.05) is 51.1 Å². The summed E-state index contributed by atoms with van der Waals surface area (Å²) in [7, 11) is -1.91. The van der Waals surface area contributed by atoms with Gasteiger partial charge in [0.15, 0.2) is 0 Å². The topological polar surface area (TPSA) is 66.5 Å². The van der Waals surface area contributed by atoms with E-state index >= 15 is 0 Å². The fourth-order valence-electron chi connectivity index (χ4n) is 2.67. The Morgan fingerprint density at radius 3 is 2.19 bits per heavy atom. The summed E-state index contributed by atoms with van der Waals surface area (Å²) in [6.07, 6.45) is 1.13. The molecule has 1 atom stereocenters. The van der Waals surface area contributed by atoms with Crippen molar-refractivity contribution < 1.29 is 13.2 Å². The van der Waals surface area contributed by atoms with Crippen LogP contribution in [0.5, 0.6) is 0 Å². The van der Waals surface area contributed by atoms with Crippen LogP contribution in [0, 0.1) is 0 Å². The first-order valence-electron chi connectivity index (χ1n) is 8.85. The summed E-state index contributed by atoms with van der Waals surface area (Å²) >= 11 is 0. The second-order valence-corrected chi connectivity index (χ2v) is 9.86. The van der Waals surface area contributed by atoms with Crippen LogP contribution in [-0.2, 0) is 15.4 Å². The predicted octanol–water partition coefficient (Wildman–Crippen LogP) is 3.87. The number of nitrogens with one attached hydrogen (secondary N) is 1. The monoisotopic (exact) mass is 388 g/mol. The minimum Gasteiger partial charge on any atom is -0.346 e. The van der Waals surface area contributed by atoms with Crippen LogP contribution in [0.15, 0.2) is 48.5 Å². The number of amides is 1. The van der Waals surface area contributed by atoms with Gasteiger partial charge in [0.25, 0.3) is 5.91 Å². The third-order valence-corrected chi connectivity index (χ3v) is 5.80. The van der Waals surface area contributed by atoms with Crippen molar-refractivity contribution in [3.63, 3.8) is 0 Å². The van der Waals surface area contributed by atoms with Crippen LogP contribution in [-0.4, -0.2) is 27.6 Å². The first kappa shape index (κ1) is 21.0. The van der Waals surface area contributed by atoms with Crippen LogP contribution in [0.4, 0.5) is 5.69 Å². The molecule has 0 aliphatic heterocycles. The molecule has 0 heterocycles. The number of hydrogen-bond acceptors (Lipinski definition) is 3. The lowest BCUT2D eigenvalue weighted by molar-refractivity contribution is 0.0940. The summed E-state index contributed by atoms with van der Waals surface area (Å²) in [6.45, 7) is 8.41.